The van der Waals surface area contributed by atoms with Gasteiger partial charge >= 0.3 is 117 Å². The van der Waals surface area contributed by atoms with Crippen molar-refractivity contribution in [1.29, 1.82) is 0 Å². The second kappa shape index (κ2) is 35.1. The minimum absolute atomic E-state index is 0.180. The van der Waals surface area contributed by atoms with E-state index < -0.39 is 18.4 Å². The van der Waals surface area contributed by atoms with Crippen molar-refractivity contribution in [1.82, 2.24) is 83.0 Å². The van der Waals surface area contributed by atoms with Crippen LogP contribution in [0, 0.1) is 62.7 Å². The van der Waals surface area contributed by atoms with E-state index in [2.05, 4.69) is 103 Å². The molecule has 0 aliphatic carbocycles. The monoisotopic (exact) mass is 1720 g/mol. The fourth-order valence-corrected chi connectivity index (χ4v) is 30.8. The molecule has 0 bridgehead atoms. The number of halogens is 4. The van der Waals surface area contributed by atoms with Crippen molar-refractivity contribution in [3.05, 3.63) is 230 Å². The van der Waals surface area contributed by atoms with Crippen LogP contribution in [-0.2, 0) is 57.8 Å². The molecule has 572 valence electrons. The summed E-state index contributed by atoms with van der Waals surface area (Å²) in [4.78, 5) is 62.9. The molecule has 3 aliphatic heterocycles. The van der Waals surface area contributed by atoms with Crippen LogP contribution in [0.1, 0.15) is 145 Å². The Morgan fingerprint density at radius 1 is 0.423 bits per heavy atom. The minimum atomic E-state index is -2.31. The van der Waals surface area contributed by atoms with Crippen LogP contribution in [0.4, 0.5) is 13.2 Å². The van der Waals surface area contributed by atoms with Crippen LogP contribution >= 0.6 is 22.6 Å². The molecule has 3 aromatic carbocycles. The number of hydrogen-bond acceptors (Lipinski definition) is 19. The van der Waals surface area contributed by atoms with Crippen LogP contribution in [0.5, 0.6) is 17.2 Å². The van der Waals surface area contributed by atoms with Crippen LogP contribution in [-0.4, -0.2) is 121 Å². The molecule has 17 rings (SSSR count). The molecule has 14 aromatic rings. The Morgan fingerprint density at radius 2 is 0.838 bits per heavy atom. The molecule has 111 heavy (non-hydrogen) atoms. The van der Waals surface area contributed by atoms with E-state index in [1.54, 1.807) is 62.0 Å². The molecule has 0 atom stereocenters. The van der Waals surface area contributed by atoms with Crippen molar-refractivity contribution < 1.29 is 36.2 Å². The van der Waals surface area contributed by atoms with Crippen molar-refractivity contribution in [2.75, 3.05) is 19.8 Å². The van der Waals surface area contributed by atoms with E-state index in [-0.39, 0.29) is 17.5 Å². The number of aromatic nitrogens is 17. The summed E-state index contributed by atoms with van der Waals surface area (Å²) in [7, 11) is 0. The van der Waals surface area contributed by atoms with Crippen molar-refractivity contribution in [3.8, 4) is 62.2 Å². The van der Waals surface area contributed by atoms with Gasteiger partial charge in [0.1, 0.15) is 98.6 Å². The normalized spacial score (nSPS) is 12.7. The molecule has 11 aromatic heterocycles. The van der Waals surface area contributed by atoms with Gasteiger partial charge in [-0.25, -0.2) is 78.0 Å². The molecular formula is C84H89F3IN17O5Sn. The minimum Gasteiger partial charge on any atom is -0.493 e. The van der Waals surface area contributed by atoms with Gasteiger partial charge in [-0.05, 0) is 136 Å². The van der Waals surface area contributed by atoms with Crippen LogP contribution in [0.3, 0.4) is 0 Å². The van der Waals surface area contributed by atoms with Crippen molar-refractivity contribution in [2.45, 2.75) is 172 Å². The molecule has 0 fully saturated rings. The summed E-state index contributed by atoms with van der Waals surface area (Å²) in [6, 6.07) is 9.60. The summed E-state index contributed by atoms with van der Waals surface area (Å²) >= 11 is -0.0771. The van der Waals surface area contributed by atoms with E-state index in [9.17, 15) is 13.2 Å². The molecule has 14 heterocycles. The van der Waals surface area contributed by atoms with E-state index in [1.165, 1.54) is 80.2 Å². The molecule has 0 radical (unpaired) electrons. The Balaban J connectivity index is 0.000000126. The summed E-state index contributed by atoms with van der Waals surface area (Å²) in [6.45, 7) is 20.2. The van der Waals surface area contributed by atoms with E-state index >= 15 is 0 Å². The van der Waals surface area contributed by atoms with Gasteiger partial charge in [-0.3, -0.25) is 13.2 Å². The van der Waals surface area contributed by atoms with Crippen molar-refractivity contribution in [3.63, 3.8) is 0 Å². The first kappa shape index (κ1) is 77.6. The van der Waals surface area contributed by atoms with Crippen LogP contribution in [0.2, 0.25) is 13.3 Å². The molecule has 0 spiro atoms. The third-order valence-corrected chi connectivity index (χ3v) is 36.4. The van der Waals surface area contributed by atoms with Gasteiger partial charge in [-0.2, -0.15) is 0 Å². The smallest absolute Gasteiger partial charge is 0.247 e. The van der Waals surface area contributed by atoms with Crippen LogP contribution in [0.25, 0.3) is 61.5 Å². The number of oxazole rings is 2. The summed E-state index contributed by atoms with van der Waals surface area (Å²) in [5, 5.41) is 0. The maximum atomic E-state index is 14.7. The van der Waals surface area contributed by atoms with E-state index in [1.807, 2.05) is 91.9 Å². The zero-order valence-corrected chi connectivity index (χ0v) is 69.1. The number of imidazole rings is 3. The summed E-state index contributed by atoms with van der Waals surface area (Å²) in [5.74, 6) is 6.81. The molecule has 0 saturated carbocycles. The predicted octanol–water partition coefficient (Wildman–Crippen LogP) is 17.0. The Hall–Kier alpha value is -10.1. The first-order valence-corrected chi connectivity index (χ1v) is 46.7. The second-order valence-corrected chi connectivity index (χ2v) is 42.1. The summed E-state index contributed by atoms with van der Waals surface area (Å²) in [5.41, 5.74) is 16.4. The molecule has 0 saturated heterocycles. The average molecular weight is 1720 g/mol. The number of aryl methyl sites for hydroxylation is 9. The Labute approximate surface area is 660 Å². The number of rotatable bonds is 23. The van der Waals surface area contributed by atoms with Gasteiger partial charge in [0.15, 0.2) is 5.69 Å². The number of ether oxygens (including phenoxy) is 3. The molecule has 3 aliphatic rings. The van der Waals surface area contributed by atoms with E-state index in [0.29, 0.717) is 81.3 Å². The number of nitrogens with zero attached hydrogens (tertiary/aromatic N) is 17. The molecule has 0 unspecified atom stereocenters. The molecular weight excluding hydrogens is 1630 g/mol. The number of unbranched alkanes of at least 4 members (excludes halogenated alkanes) is 3. The van der Waals surface area contributed by atoms with Gasteiger partial charge in [0.25, 0.3) is 0 Å². The summed E-state index contributed by atoms with van der Waals surface area (Å²) < 4.78 is 84.0. The molecule has 27 heteroatoms. The SMILES string of the molecule is CCC[CH2][Sn]([CH2]CCC)([CH2]CCC)[c]1ncco1.Cc1ncc(-c2cnc(CCc3c(F)ccc4c3CCO4)n3cnc(-c4ncco4)c23)c(C)n1.Cc1ncc(-c2cnc(CCc3c(F)ccc4c3CCO4)n3cnc(I)c23)c(C)n1.Cc1ncc(-c2cnc(CCc3c(F)ccc4c3CCO4)n3cncc23)c(C)n1. The van der Waals surface area contributed by atoms with Crippen molar-refractivity contribution in [2.24, 2.45) is 0 Å². The number of hydrogen-bond donors (Lipinski definition) is 0. The van der Waals surface area contributed by atoms with Gasteiger partial charge in [0.05, 0.1) is 48.8 Å². The second-order valence-electron chi connectivity index (χ2n) is 28.3. The maximum absolute atomic E-state index is 14.7. The number of benzene rings is 3. The third-order valence-electron chi connectivity index (χ3n) is 21.1. The Bertz CT molecular complexity index is 5620. The van der Waals surface area contributed by atoms with Crippen molar-refractivity contribution >= 4 is 61.4 Å². The Morgan fingerprint density at radius 3 is 1.28 bits per heavy atom. The van der Waals surface area contributed by atoms with Gasteiger partial charge in [0, 0.05) is 143 Å². The fourth-order valence-electron chi connectivity index (χ4n) is 15.4. The largest absolute Gasteiger partial charge is 0.493 e. The molecule has 0 amide bonds. The van der Waals surface area contributed by atoms with Gasteiger partial charge in [-0.15, -0.1) is 0 Å². The van der Waals surface area contributed by atoms with E-state index in [0.717, 1.165) is 164 Å². The standard InChI is InChI=1S/C25H21FN6O2.C22H19FIN5O.C22H20FN5O.3C4H9.C3H2NO.Sn/c1-14-18(11-28-15(2)31-14)19-12-29-22(32-13-30-23(24(19)32)25-27-8-10-34-25)6-3-16-17-7-9-33-21(17)5-4-20(16)26;1-12-16(9-25-13(2)28-12)17-10-26-20(29-11-27-22(24)21(17)29)6-3-14-15-7-8-30-19(15)5-4-18(14)23;1-13-17(9-25-14(2)27-13)18-10-26-22(28-12-24-11-20(18)28)6-3-15-16-7-8-29-21(16)5-4-19(15)23;3*1-3-4-2;1-2-5-3-4-1;/h4-5,8,10-13H,3,6-7,9H2,1-2H3;4-5,9-11H,3,6-8H2,1-2H3;4-5,9-12H,3,6-8H2,1-2H3;3*1,3-4H2,2H3;1-2H;. The third kappa shape index (κ3) is 16.8. The predicted molar refractivity (Wildman–Crippen MR) is 429 cm³/mol. The quantitative estimate of drug-likeness (QED) is 0.0426. The first-order valence-electron chi connectivity index (χ1n) is 38.2. The molecule has 0 N–H and O–H groups in total. The van der Waals surface area contributed by atoms with Gasteiger partial charge in [0.2, 0.25) is 5.89 Å². The van der Waals surface area contributed by atoms with Gasteiger partial charge in [-0.1, -0.05) is 0 Å². The zero-order chi connectivity index (χ0) is 77.3. The van der Waals surface area contributed by atoms with Crippen LogP contribution < -0.4 is 18.1 Å². The van der Waals surface area contributed by atoms with Crippen LogP contribution in [0.15, 0.2) is 133 Å². The maximum Gasteiger partial charge on any atom is 0.247 e. The fraction of sp³-hybridized carbons (Fsp3) is 0.357. The average Bonchev–Trinajstić information content (AvgIpc) is 1.67. The molecule has 22 nitrogen and oxygen atoms in total. The summed E-state index contributed by atoms with van der Waals surface area (Å²) in [6.07, 6.45) is 38.3. The Kier molecular flexibility index (Phi) is 24.5. The van der Waals surface area contributed by atoms with Gasteiger partial charge < -0.3 is 18.6 Å². The number of fused-ring (bicyclic) bond motifs is 6. The topological polar surface area (TPSA) is 248 Å². The van der Waals surface area contributed by atoms with E-state index in [4.69, 9.17) is 33.0 Å². The zero-order valence-electron chi connectivity index (χ0n) is 64.1. The first-order chi connectivity index (χ1) is 54.0.